The zero-order valence-electron chi connectivity index (χ0n) is 9.54. The number of aliphatic hydroxyl groups is 1. The molecule has 0 saturated heterocycles. The molecule has 0 aliphatic carbocycles. The van der Waals surface area contributed by atoms with Crippen LogP contribution in [0.3, 0.4) is 0 Å². The third-order valence-corrected chi connectivity index (χ3v) is 3.47. The van der Waals surface area contributed by atoms with Crippen molar-refractivity contribution in [2.24, 2.45) is 0 Å². The van der Waals surface area contributed by atoms with E-state index in [0.717, 1.165) is 10.5 Å². The molecule has 0 saturated carbocycles. The van der Waals surface area contributed by atoms with Crippen LogP contribution in [0.25, 0.3) is 0 Å². The lowest BCUT2D eigenvalue weighted by atomic mass is 10.1. The quantitative estimate of drug-likeness (QED) is 0.784. The van der Waals surface area contributed by atoms with Crippen LogP contribution >= 0.6 is 23.4 Å². The van der Waals surface area contributed by atoms with E-state index in [1.165, 1.54) is 0 Å². The predicted molar refractivity (Wildman–Crippen MR) is 67.7 cm³/mol. The van der Waals surface area contributed by atoms with Gasteiger partial charge in [-0.25, -0.2) is 0 Å². The lowest BCUT2D eigenvalue weighted by molar-refractivity contribution is 0.199. The summed E-state index contributed by atoms with van der Waals surface area (Å²) in [5.41, 5.74) is 0.859. The zero-order chi connectivity index (χ0) is 11.6. The largest absolute Gasteiger partial charge is 0.389 e. The van der Waals surface area contributed by atoms with Gasteiger partial charge in [0.05, 0.1) is 11.1 Å². The fourth-order valence-electron chi connectivity index (χ4n) is 1.19. The number of hydrogen-bond acceptors (Lipinski definition) is 2. The topological polar surface area (TPSA) is 20.2 Å². The Balaban J connectivity index is 2.94. The molecule has 1 nitrogen and oxygen atoms in total. The maximum Gasteiger partial charge on any atom is 0.0762 e. The summed E-state index contributed by atoms with van der Waals surface area (Å²) in [5.74, 6) is 0. The van der Waals surface area contributed by atoms with Crippen molar-refractivity contribution in [1.29, 1.82) is 0 Å². The lowest BCUT2D eigenvalue weighted by Crippen LogP contribution is -2.06. The van der Waals surface area contributed by atoms with Gasteiger partial charge in [0.25, 0.3) is 0 Å². The monoisotopic (exact) mass is 244 g/mol. The van der Waals surface area contributed by atoms with Gasteiger partial charge < -0.3 is 5.11 Å². The van der Waals surface area contributed by atoms with Crippen LogP contribution < -0.4 is 0 Å². The Labute approximate surface area is 101 Å². The summed E-state index contributed by atoms with van der Waals surface area (Å²) in [7, 11) is 0. The van der Waals surface area contributed by atoms with Crippen molar-refractivity contribution in [1.82, 2.24) is 0 Å². The number of rotatable bonds is 2. The molecule has 0 aromatic heterocycles. The first-order chi connectivity index (χ1) is 6.79. The molecule has 0 radical (unpaired) electrons. The van der Waals surface area contributed by atoms with E-state index >= 15 is 0 Å². The fraction of sp³-hybridized carbons (Fsp3) is 0.500. The Morgan fingerprint density at radius 1 is 1.33 bits per heavy atom. The van der Waals surface area contributed by atoms with E-state index in [9.17, 15) is 5.11 Å². The molecule has 0 amide bonds. The van der Waals surface area contributed by atoms with Gasteiger partial charge in [-0.15, -0.1) is 11.8 Å². The molecule has 1 aromatic rings. The molecule has 0 heterocycles. The molecule has 1 atom stereocenters. The molecule has 15 heavy (non-hydrogen) atoms. The lowest BCUT2D eigenvalue weighted by Gasteiger charge is -2.19. The first kappa shape index (κ1) is 12.9. The van der Waals surface area contributed by atoms with E-state index in [4.69, 9.17) is 11.6 Å². The summed E-state index contributed by atoms with van der Waals surface area (Å²) >= 11 is 7.88. The third-order valence-electron chi connectivity index (χ3n) is 1.85. The van der Waals surface area contributed by atoms with Crippen LogP contribution in [0.1, 0.15) is 39.4 Å². The third kappa shape index (κ3) is 4.06. The minimum atomic E-state index is -0.462. The first-order valence-electron chi connectivity index (χ1n) is 4.96. The van der Waals surface area contributed by atoms with E-state index in [2.05, 4.69) is 20.8 Å². The van der Waals surface area contributed by atoms with Gasteiger partial charge in [-0.2, -0.15) is 0 Å². The first-order valence-corrected chi connectivity index (χ1v) is 6.15. The second-order valence-corrected chi connectivity index (χ2v) is 6.86. The number of thioether (sulfide) groups is 1. The van der Waals surface area contributed by atoms with E-state index in [-0.39, 0.29) is 4.75 Å². The molecule has 0 fully saturated rings. The maximum absolute atomic E-state index is 9.41. The Morgan fingerprint density at radius 3 is 2.33 bits per heavy atom. The molecular weight excluding hydrogens is 228 g/mol. The van der Waals surface area contributed by atoms with Crippen LogP contribution in [0.15, 0.2) is 23.1 Å². The van der Waals surface area contributed by atoms with E-state index in [1.54, 1.807) is 18.7 Å². The Kier molecular flexibility index (Phi) is 4.10. The van der Waals surface area contributed by atoms with Crippen molar-refractivity contribution < 1.29 is 5.11 Å². The molecule has 3 heteroatoms. The molecule has 1 aromatic carbocycles. The average molecular weight is 245 g/mol. The molecule has 0 spiro atoms. The highest BCUT2D eigenvalue weighted by atomic mass is 35.5. The van der Waals surface area contributed by atoms with Crippen LogP contribution in [0, 0.1) is 0 Å². The van der Waals surface area contributed by atoms with Crippen LogP contribution in [-0.4, -0.2) is 9.85 Å². The highest BCUT2D eigenvalue weighted by Crippen LogP contribution is 2.37. The SMILES string of the molecule is C[C@H](O)c1ccc(SC(C)(C)C)c(Cl)c1. The van der Waals surface area contributed by atoms with Crippen molar-refractivity contribution in [3.05, 3.63) is 28.8 Å². The van der Waals surface area contributed by atoms with E-state index in [1.807, 2.05) is 18.2 Å². The molecule has 84 valence electrons. The van der Waals surface area contributed by atoms with Crippen LogP contribution in [-0.2, 0) is 0 Å². The van der Waals surface area contributed by atoms with Gasteiger partial charge in [0, 0.05) is 9.64 Å². The van der Waals surface area contributed by atoms with E-state index < -0.39 is 6.10 Å². The molecule has 0 aliphatic heterocycles. The van der Waals surface area contributed by atoms with Gasteiger partial charge >= 0.3 is 0 Å². The highest BCUT2D eigenvalue weighted by Gasteiger charge is 2.15. The van der Waals surface area contributed by atoms with Gasteiger partial charge in [0.1, 0.15) is 0 Å². The van der Waals surface area contributed by atoms with Gasteiger partial charge in [-0.05, 0) is 24.6 Å². The number of aliphatic hydroxyl groups excluding tert-OH is 1. The van der Waals surface area contributed by atoms with Crippen molar-refractivity contribution in [2.75, 3.05) is 0 Å². The van der Waals surface area contributed by atoms with Gasteiger partial charge in [0.15, 0.2) is 0 Å². The summed E-state index contributed by atoms with van der Waals surface area (Å²) in [4.78, 5) is 1.06. The number of hydrogen-bond donors (Lipinski definition) is 1. The van der Waals surface area contributed by atoms with Crippen LogP contribution in [0.4, 0.5) is 0 Å². The highest BCUT2D eigenvalue weighted by molar-refractivity contribution is 8.00. The minimum Gasteiger partial charge on any atom is -0.389 e. The molecule has 0 bridgehead atoms. The Bertz CT molecular complexity index is 342. The summed E-state index contributed by atoms with van der Waals surface area (Å²) in [6.45, 7) is 8.19. The van der Waals surface area contributed by atoms with Gasteiger partial charge in [-0.1, -0.05) is 38.4 Å². The summed E-state index contributed by atoms with van der Waals surface area (Å²) in [6.07, 6.45) is -0.462. The molecule has 0 aliphatic rings. The standard InChI is InChI=1S/C12H17ClOS/c1-8(14)9-5-6-11(10(13)7-9)15-12(2,3)4/h5-8,14H,1-4H3/t8-/m0/s1. The summed E-state index contributed by atoms with van der Waals surface area (Å²) < 4.78 is 0.149. The Hall–Kier alpha value is -0.180. The second kappa shape index (κ2) is 4.77. The van der Waals surface area contributed by atoms with Gasteiger partial charge in [-0.3, -0.25) is 0 Å². The maximum atomic E-state index is 9.41. The van der Waals surface area contributed by atoms with Crippen LogP contribution in [0.2, 0.25) is 5.02 Å². The van der Waals surface area contributed by atoms with Crippen molar-refractivity contribution in [3.8, 4) is 0 Å². The zero-order valence-corrected chi connectivity index (χ0v) is 11.1. The van der Waals surface area contributed by atoms with Crippen molar-refractivity contribution in [2.45, 2.75) is 43.4 Å². The molecule has 0 unspecified atom stereocenters. The normalized spacial score (nSPS) is 14.0. The number of benzene rings is 1. The average Bonchev–Trinajstić information content (AvgIpc) is 2.05. The number of halogens is 1. The minimum absolute atomic E-state index is 0.149. The van der Waals surface area contributed by atoms with Crippen molar-refractivity contribution in [3.63, 3.8) is 0 Å². The molecule has 1 N–H and O–H groups in total. The smallest absolute Gasteiger partial charge is 0.0762 e. The Morgan fingerprint density at radius 2 is 1.93 bits per heavy atom. The molecule has 1 rings (SSSR count). The molecular formula is C12H17ClOS. The second-order valence-electron chi connectivity index (χ2n) is 4.58. The summed E-state index contributed by atoms with van der Waals surface area (Å²) in [5, 5.41) is 10.1. The summed E-state index contributed by atoms with van der Waals surface area (Å²) in [6, 6.07) is 5.73. The predicted octanol–water partition coefficient (Wildman–Crippen LogP) is 4.28. The van der Waals surface area contributed by atoms with Crippen molar-refractivity contribution >= 4 is 23.4 Å². The van der Waals surface area contributed by atoms with Gasteiger partial charge in [0.2, 0.25) is 0 Å². The van der Waals surface area contributed by atoms with Crippen LogP contribution in [0.5, 0.6) is 0 Å². The fourth-order valence-corrected chi connectivity index (χ4v) is 2.45. The van der Waals surface area contributed by atoms with E-state index in [0.29, 0.717) is 5.02 Å².